The Labute approximate surface area is 89.3 Å². The van der Waals surface area contributed by atoms with Gasteiger partial charge in [-0.3, -0.25) is 15.0 Å². The first-order valence-corrected chi connectivity index (χ1v) is 4.91. The maximum Gasteiger partial charge on any atom is 0.240 e. The Morgan fingerprint density at radius 1 is 1.40 bits per heavy atom. The van der Waals surface area contributed by atoms with E-state index in [4.69, 9.17) is 5.84 Å². The minimum atomic E-state index is -0.365. The summed E-state index contributed by atoms with van der Waals surface area (Å²) < 4.78 is 0. The summed E-state index contributed by atoms with van der Waals surface area (Å²) in [4.78, 5) is 21.8. The van der Waals surface area contributed by atoms with Crippen LogP contribution in [0.5, 0.6) is 0 Å². The predicted molar refractivity (Wildman–Crippen MR) is 57.7 cm³/mol. The highest BCUT2D eigenvalue weighted by molar-refractivity contribution is 5.83. The first kappa shape index (κ1) is 13.6. The Morgan fingerprint density at radius 3 is 2.53 bits per heavy atom. The third-order valence-electron chi connectivity index (χ3n) is 1.90. The molecule has 0 heterocycles. The van der Waals surface area contributed by atoms with Crippen molar-refractivity contribution in [3.63, 3.8) is 0 Å². The van der Waals surface area contributed by atoms with E-state index in [0.29, 0.717) is 5.92 Å². The van der Waals surface area contributed by atoms with Crippen LogP contribution in [-0.4, -0.2) is 18.0 Å². The van der Waals surface area contributed by atoms with Gasteiger partial charge in [-0.05, 0) is 12.3 Å². The third-order valence-corrected chi connectivity index (χ3v) is 1.90. The number of rotatable bonds is 6. The van der Waals surface area contributed by atoms with Gasteiger partial charge >= 0.3 is 0 Å². The van der Waals surface area contributed by atoms with Crippen molar-refractivity contribution in [1.29, 1.82) is 0 Å². The number of hydrazone groups is 1. The van der Waals surface area contributed by atoms with Gasteiger partial charge in [0, 0.05) is 19.1 Å². The normalized spacial score (nSPS) is 12.5. The van der Waals surface area contributed by atoms with E-state index in [0.717, 1.165) is 6.42 Å². The quantitative estimate of drug-likeness (QED) is 0.249. The van der Waals surface area contributed by atoms with Gasteiger partial charge < -0.3 is 0 Å². The Kier molecular flexibility index (Phi) is 7.17. The topological polar surface area (TPSA) is 96.6 Å². The smallest absolute Gasteiger partial charge is 0.240 e. The van der Waals surface area contributed by atoms with Crippen LogP contribution in [0.15, 0.2) is 5.10 Å². The SMILES string of the molecule is CC[C@@H](C)/C=N\NC(=O)CCC(=O)NN. The fourth-order valence-corrected chi connectivity index (χ4v) is 0.697. The summed E-state index contributed by atoms with van der Waals surface area (Å²) in [5, 5.41) is 3.76. The molecule has 0 aromatic rings. The molecule has 0 aromatic carbocycles. The lowest BCUT2D eigenvalue weighted by Crippen LogP contribution is -2.31. The van der Waals surface area contributed by atoms with Crippen molar-refractivity contribution in [2.45, 2.75) is 33.1 Å². The maximum absolute atomic E-state index is 11.1. The molecule has 0 unspecified atom stereocenters. The summed E-state index contributed by atoms with van der Waals surface area (Å²) in [5.41, 5.74) is 4.28. The molecule has 15 heavy (non-hydrogen) atoms. The third kappa shape index (κ3) is 7.63. The van der Waals surface area contributed by atoms with E-state index in [1.54, 1.807) is 6.21 Å². The molecule has 0 radical (unpaired) electrons. The second kappa shape index (κ2) is 7.93. The summed E-state index contributed by atoms with van der Waals surface area (Å²) in [7, 11) is 0. The molecule has 0 spiro atoms. The molecule has 6 heteroatoms. The highest BCUT2D eigenvalue weighted by Crippen LogP contribution is 1.94. The van der Waals surface area contributed by atoms with Crippen molar-refractivity contribution >= 4 is 18.0 Å². The van der Waals surface area contributed by atoms with E-state index in [1.165, 1.54) is 0 Å². The van der Waals surface area contributed by atoms with Crippen molar-refractivity contribution in [3.8, 4) is 0 Å². The van der Waals surface area contributed by atoms with Crippen molar-refractivity contribution in [2.75, 3.05) is 0 Å². The summed E-state index contributed by atoms with van der Waals surface area (Å²) >= 11 is 0. The molecule has 0 fully saturated rings. The molecular formula is C9H18N4O2. The van der Waals surface area contributed by atoms with Gasteiger partial charge in [0.05, 0.1) is 0 Å². The van der Waals surface area contributed by atoms with E-state index >= 15 is 0 Å². The molecule has 2 amide bonds. The Morgan fingerprint density at radius 2 is 2.00 bits per heavy atom. The van der Waals surface area contributed by atoms with Gasteiger partial charge in [-0.15, -0.1) is 0 Å². The molecule has 4 N–H and O–H groups in total. The van der Waals surface area contributed by atoms with Crippen LogP contribution in [0.2, 0.25) is 0 Å². The van der Waals surface area contributed by atoms with Crippen molar-refractivity contribution in [1.82, 2.24) is 10.9 Å². The number of nitrogens with one attached hydrogen (secondary N) is 2. The molecule has 0 saturated heterocycles. The number of nitrogens with zero attached hydrogens (tertiary/aromatic N) is 1. The lowest BCUT2D eigenvalue weighted by atomic mass is 10.1. The van der Waals surface area contributed by atoms with E-state index in [-0.39, 0.29) is 24.7 Å². The average Bonchev–Trinajstić information content (AvgIpc) is 2.25. The van der Waals surface area contributed by atoms with Crippen LogP contribution in [0.3, 0.4) is 0 Å². The van der Waals surface area contributed by atoms with Crippen LogP contribution in [0, 0.1) is 5.92 Å². The Hall–Kier alpha value is -1.43. The summed E-state index contributed by atoms with van der Waals surface area (Å²) in [6.07, 6.45) is 2.79. The molecule has 0 aliphatic rings. The maximum atomic E-state index is 11.1. The number of hydrogen-bond acceptors (Lipinski definition) is 4. The number of amides is 2. The van der Waals surface area contributed by atoms with Crippen LogP contribution in [0.4, 0.5) is 0 Å². The lowest BCUT2D eigenvalue weighted by molar-refractivity contribution is -0.126. The molecule has 0 aliphatic heterocycles. The largest absolute Gasteiger partial charge is 0.294 e. The summed E-state index contributed by atoms with van der Waals surface area (Å²) in [6.45, 7) is 4.03. The molecule has 0 saturated carbocycles. The second-order valence-electron chi connectivity index (χ2n) is 3.27. The summed E-state index contributed by atoms with van der Waals surface area (Å²) in [5.74, 6) is 4.53. The zero-order valence-corrected chi connectivity index (χ0v) is 9.12. The highest BCUT2D eigenvalue weighted by Gasteiger charge is 2.04. The van der Waals surface area contributed by atoms with Gasteiger partial charge in [-0.25, -0.2) is 11.3 Å². The van der Waals surface area contributed by atoms with E-state index in [2.05, 4.69) is 10.5 Å². The van der Waals surface area contributed by atoms with Gasteiger partial charge in [-0.2, -0.15) is 5.10 Å². The minimum absolute atomic E-state index is 0.0706. The first-order chi connectivity index (χ1) is 7.10. The zero-order valence-electron chi connectivity index (χ0n) is 9.12. The van der Waals surface area contributed by atoms with Crippen LogP contribution < -0.4 is 16.7 Å². The van der Waals surface area contributed by atoms with Crippen LogP contribution in [-0.2, 0) is 9.59 Å². The number of nitrogens with two attached hydrogens (primary N) is 1. The van der Waals surface area contributed by atoms with Crippen molar-refractivity contribution < 1.29 is 9.59 Å². The molecule has 0 aliphatic carbocycles. The van der Waals surface area contributed by atoms with Gasteiger partial charge in [0.2, 0.25) is 11.8 Å². The Bertz CT molecular complexity index is 240. The van der Waals surface area contributed by atoms with Gasteiger partial charge in [0.1, 0.15) is 0 Å². The number of hydrogen-bond donors (Lipinski definition) is 3. The monoisotopic (exact) mass is 214 g/mol. The van der Waals surface area contributed by atoms with E-state index in [9.17, 15) is 9.59 Å². The van der Waals surface area contributed by atoms with Gasteiger partial charge in [0.25, 0.3) is 0 Å². The standard InChI is InChI=1S/C9H18N4O2/c1-3-7(2)6-11-13-9(15)5-4-8(14)12-10/h6-7H,3-5,10H2,1-2H3,(H,12,14)(H,13,15)/b11-6-/t7-/m1/s1. The van der Waals surface area contributed by atoms with Crippen LogP contribution in [0.1, 0.15) is 33.1 Å². The molecule has 0 aromatic heterocycles. The van der Waals surface area contributed by atoms with E-state index < -0.39 is 0 Å². The molecule has 0 bridgehead atoms. The number of carbonyl (C=O) groups excluding carboxylic acids is 2. The van der Waals surface area contributed by atoms with E-state index in [1.807, 2.05) is 19.3 Å². The minimum Gasteiger partial charge on any atom is -0.294 e. The van der Waals surface area contributed by atoms with Crippen LogP contribution in [0.25, 0.3) is 0 Å². The fraction of sp³-hybridized carbons (Fsp3) is 0.667. The van der Waals surface area contributed by atoms with Gasteiger partial charge in [0.15, 0.2) is 0 Å². The first-order valence-electron chi connectivity index (χ1n) is 4.91. The fourth-order valence-electron chi connectivity index (χ4n) is 0.697. The van der Waals surface area contributed by atoms with Gasteiger partial charge in [-0.1, -0.05) is 13.8 Å². The summed E-state index contributed by atoms with van der Waals surface area (Å²) in [6, 6.07) is 0. The second-order valence-corrected chi connectivity index (χ2v) is 3.27. The molecular weight excluding hydrogens is 196 g/mol. The average molecular weight is 214 g/mol. The van der Waals surface area contributed by atoms with Crippen LogP contribution >= 0.6 is 0 Å². The molecule has 86 valence electrons. The molecule has 1 atom stereocenters. The lowest BCUT2D eigenvalue weighted by Gasteiger charge is -2.01. The molecule has 6 nitrogen and oxygen atoms in total. The number of hydrazine groups is 1. The van der Waals surface area contributed by atoms with Crippen molar-refractivity contribution in [3.05, 3.63) is 0 Å². The Balaban J connectivity index is 3.66. The van der Waals surface area contributed by atoms with Crippen molar-refractivity contribution in [2.24, 2.45) is 16.9 Å². The predicted octanol–water partition coefficient (Wildman–Crippen LogP) is -0.0954. The zero-order chi connectivity index (χ0) is 11.7. The molecule has 0 rings (SSSR count). The number of carbonyl (C=O) groups is 2. The highest BCUT2D eigenvalue weighted by atomic mass is 16.2.